The highest BCUT2D eigenvalue weighted by atomic mass is 16.5. The van der Waals surface area contributed by atoms with E-state index < -0.39 is 5.41 Å². The molecule has 0 atom stereocenters. The molecule has 12 rings (SSSR count). The van der Waals surface area contributed by atoms with Gasteiger partial charge in [-0.05, 0) is 82.9 Å². The van der Waals surface area contributed by atoms with Crippen molar-refractivity contribution < 1.29 is 4.74 Å². The molecule has 0 fully saturated rings. The fourth-order valence-electron chi connectivity index (χ4n) is 9.56. The Labute approximate surface area is 300 Å². The van der Waals surface area contributed by atoms with E-state index in [4.69, 9.17) is 4.74 Å². The van der Waals surface area contributed by atoms with Crippen LogP contribution < -0.4 is 4.74 Å². The second kappa shape index (κ2) is 10.1. The lowest BCUT2D eigenvalue weighted by molar-refractivity contribution is 0.436. The third-order valence-corrected chi connectivity index (χ3v) is 11.6. The molecule has 1 aliphatic heterocycles. The average molecular weight is 663 g/mol. The quantitative estimate of drug-likeness (QED) is 0.180. The monoisotopic (exact) mass is 662 g/mol. The second-order valence-electron chi connectivity index (χ2n) is 14.0. The lowest BCUT2D eigenvalue weighted by atomic mass is 9.66. The van der Waals surface area contributed by atoms with Crippen LogP contribution in [-0.4, -0.2) is 9.13 Å². The molecule has 2 aromatic heterocycles. The fourth-order valence-corrected chi connectivity index (χ4v) is 9.56. The van der Waals surface area contributed by atoms with Gasteiger partial charge in [-0.2, -0.15) is 0 Å². The molecule has 3 nitrogen and oxygen atoms in total. The van der Waals surface area contributed by atoms with Crippen molar-refractivity contribution in [3.8, 4) is 34.0 Å². The zero-order valence-corrected chi connectivity index (χ0v) is 28.1. The van der Waals surface area contributed by atoms with E-state index >= 15 is 0 Å². The van der Waals surface area contributed by atoms with Crippen molar-refractivity contribution in [1.82, 2.24) is 9.13 Å². The highest BCUT2D eigenvalue weighted by Crippen LogP contribution is 2.62. The van der Waals surface area contributed by atoms with Gasteiger partial charge < -0.3 is 13.9 Å². The van der Waals surface area contributed by atoms with Crippen LogP contribution in [0.25, 0.3) is 66.1 Å². The Morgan fingerprint density at radius 1 is 0.327 bits per heavy atom. The zero-order chi connectivity index (χ0) is 34.0. The normalized spacial score (nSPS) is 13.7. The molecule has 0 amide bonds. The predicted molar refractivity (Wildman–Crippen MR) is 212 cm³/mol. The molecule has 0 radical (unpaired) electrons. The summed E-state index contributed by atoms with van der Waals surface area (Å²) in [5.74, 6) is 1.80. The molecule has 0 saturated carbocycles. The largest absolute Gasteiger partial charge is 0.457 e. The molecule has 3 heterocycles. The van der Waals surface area contributed by atoms with E-state index in [-0.39, 0.29) is 0 Å². The maximum absolute atomic E-state index is 6.76. The van der Waals surface area contributed by atoms with Crippen LogP contribution in [0.2, 0.25) is 0 Å². The minimum absolute atomic E-state index is 0.518. The minimum Gasteiger partial charge on any atom is -0.457 e. The lowest BCUT2D eigenvalue weighted by Gasteiger charge is -2.39. The predicted octanol–water partition coefficient (Wildman–Crippen LogP) is 12.3. The van der Waals surface area contributed by atoms with Gasteiger partial charge in [0.2, 0.25) is 0 Å². The van der Waals surface area contributed by atoms with Crippen LogP contribution in [0.4, 0.5) is 0 Å². The van der Waals surface area contributed by atoms with Crippen LogP contribution in [0, 0.1) is 0 Å². The third kappa shape index (κ3) is 3.45. The van der Waals surface area contributed by atoms with Crippen LogP contribution in [-0.2, 0) is 5.41 Å². The van der Waals surface area contributed by atoms with Crippen molar-refractivity contribution in [1.29, 1.82) is 0 Å². The highest BCUT2D eigenvalue weighted by Gasteiger charge is 2.51. The van der Waals surface area contributed by atoms with Crippen LogP contribution in [0.1, 0.15) is 22.3 Å². The van der Waals surface area contributed by atoms with E-state index in [1.807, 2.05) is 0 Å². The molecule has 0 saturated heterocycles. The van der Waals surface area contributed by atoms with Gasteiger partial charge in [0.15, 0.2) is 0 Å². The second-order valence-corrected chi connectivity index (χ2v) is 14.0. The first-order valence-electron chi connectivity index (χ1n) is 17.9. The minimum atomic E-state index is -0.518. The van der Waals surface area contributed by atoms with Gasteiger partial charge in [0.1, 0.15) is 11.5 Å². The summed E-state index contributed by atoms with van der Waals surface area (Å²) in [4.78, 5) is 0. The van der Waals surface area contributed by atoms with Gasteiger partial charge in [-0.1, -0.05) is 121 Å². The standard InChI is InChI=1S/C49H30N2O/c1-6-18-39-33(13-1)34-14-2-7-19-40(34)49(39)41-20-8-12-24-47(41)52-48-28-26-32(30-42(48)49)51-45-23-11-5-17-37(45)38-29-31(25-27-46(38)51)50-43-21-9-3-15-35(43)36-16-4-10-22-44(36)50/h1-30H. The van der Waals surface area contributed by atoms with Crippen LogP contribution in [0.5, 0.6) is 11.5 Å². The summed E-state index contributed by atoms with van der Waals surface area (Å²) in [7, 11) is 0. The van der Waals surface area contributed by atoms with Crippen LogP contribution in [0.15, 0.2) is 182 Å². The third-order valence-electron chi connectivity index (χ3n) is 11.6. The van der Waals surface area contributed by atoms with Crippen molar-refractivity contribution >= 4 is 43.6 Å². The number of aromatic nitrogens is 2. The topological polar surface area (TPSA) is 19.1 Å². The maximum atomic E-state index is 6.76. The Kier molecular flexibility index (Phi) is 5.43. The van der Waals surface area contributed by atoms with Crippen molar-refractivity contribution in [3.63, 3.8) is 0 Å². The smallest absolute Gasteiger partial charge is 0.132 e. The summed E-state index contributed by atoms with van der Waals surface area (Å²) < 4.78 is 11.6. The van der Waals surface area contributed by atoms with Crippen LogP contribution >= 0.6 is 0 Å². The van der Waals surface area contributed by atoms with Gasteiger partial charge in [-0.25, -0.2) is 0 Å². The van der Waals surface area contributed by atoms with E-state index in [0.29, 0.717) is 0 Å². The number of hydrogen-bond acceptors (Lipinski definition) is 1. The first-order valence-corrected chi connectivity index (χ1v) is 17.9. The molecule has 8 aromatic carbocycles. The fraction of sp³-hybridized carbons (Fsp3) is 0.0204. The Morgan fingerprint density at radius 3 is 1.40 bits per heavy atom. The molecule has 3 heteroatoms. The van der Waals surface area contributed by atoms with Crippen LogP contribution in [0.3, 0.4) is 0 Å². The Balaban J connectivity index is 1.13. The van der Waals surface area contributed by atoms with E-state index in [1.54, 1.807) is 0 Å². The van der Waals surface area contributed by atoms with Crippen molar-refractivity contribution in [3.05, 3.63) is 204 Å². The summed E-state index contributed by atoms with van der Waals surface area (Å²) in [6.45, 7) is 0. The van der Waals surface area contributed by atoms with E-state index in [9.17, 15) is 0 Å². The van der Waals surface area contributed by atoms with E-state index in [1.165, 1.54) is 71.4 Å². The van der Waals surface area contributed by atoms with Gasteiger partial charge in [-0.3, -0.25) is 0 Å². The lowest BCUT2D eigenvalue weighted by Crippen LogP contribution is -2.32. The molecule has 0 bridgehead atoms. The SMILES string of the molecule is c1ccc2c(c1)Oc1ccc(-n3c4ccccc4c4cc(-n5c6ccccc6c6ccccc65)ccc43)cc1C21c2ccccc2-c2ccccc21. The Morgan fingerprint density at radius 2 is 0.769 bits per heavy atom. The molecule has 10 aromatic rings. The Hall–Kier alpha value is -6.84. The maximum Gasteiger partial charge on any atom is 0.132 e. The number of para-hydroxylation sites is 4. The number of hydrogen-bond donors (Lipinski definition) is 0. The summed E-state index contributed by atoms with van der Waals surface area (Å²) >= 11 is 0. The van der Waals surface area contributed by atoms with Gasteiger partial charge in [0.05, 0.1) is 27.5 Å². The molecule has 242 valence electrons. The molecular weight excluding hydrogens is 633 g/mol. The van der Waals surface area contributed by atoms with Gasteiger partial charge in [0.25, 0.3) is 0 Å². The first-order chi connectivity index (χ1) is 25.8. The number of fused-ring (bicyclic) bond motifs is 15. The van der Waals surface area contributed by atoms with Crippen molar-refractivity contribution in [2.24, 2.45) is 0 Å². The summed E-state index contributed by atoms with van der Waals surface area (Å²) in [6, 6.07) is 66.4. The average Bonchev–Trinajstić information content (AvgIpc) is 3.83. The first kappa shape index (κ1) is 27.9. The van der Waals surface area contributed by atoms with E-state index in [2.05, 4.69) is 191 Å². The van der Waals surface area contributed by atoms with Crippen molar-refractivity contribution in [2.75, 3.05) is 0 Å². The van der Waals surface area contributed by atoms with Crippen molar-refractivity contribution in [2.45, 2.75) is 5.41 Å². The molecule has 52 heavy (non-hydrogen) atoms. The van der Waals surface area contributed by atoms with E-state index in [0.717, 1.165) is 28.4 Å². The molecule has 1 spiro atoms. The molecule has 2 aliphatic rings. The number of rotatable bonds is 2. The molecule has 0 N–H and O–H groups in total. The zero-order valence-electron chi connectivity index (χ0n) is 28.1. The molecule has 0 unspecified atom stereocenters. The number of benzene rings is 8. The van der Waals surface area contributed by atoms with Gasteiger partial charge in [0, 0.05) is 44.0 Å². The number of nitrogens with zero attached hydrogens (tertiary/aromatic N) is 2. The number of ether oxygens (including phenoxy) is 1. The summed E-state index contributed by atoms with van der Waals surface area (Å²) in [5, 5.41) is 4.98. The van der Waals surface area contributed by atoms with Gasteiger partial charge >= 0.3 is 0 Å². The highest BCUT2D eigenvalue weighted by molar-refractivity contribution is 6.12. The summed E-state index contributed by atoms with van der Waals surface area (Å²) in [5.41, 5.74) is 14.0. The molecule has 1 aliphatic carbocycles. The molecular formula is C49H30N2O. The van der Waals surface area contributed by atoms with Gasteiger partial charge in [-0.15, -0.1) is 0 Å². The summed E-state index contributed by atoms with van der Waals surface area (Å²) in [6.07, 6.45) is 0. The Bertz CT molecular complexity index is 3020.